The van der Waals surface area contributed by atoms with Crippen molar-refractivity contribution in [2.45, 2.75) is 12.5 Å². The summed E-state index contributed by atoms with van der Waals surface area (Å²) in [6, 6.07) is 4.05. The van der Waals surface area contributed by atoms with Gasteiger partial charge in [-0.2, -0.15) is 0 Å². The van der Waals surface area contributed by atoms with Crippen LogP contribution in [-0.2, 0) is 6.42 Å². The first kappa shape index (κ1) is 7.21. The third-order valence-electron chi connectivity index (χ3n) is 2.64. The molecular formula is C10H11NO2. The molecule has 2 N–H and O–H groups in total. The number of hydrogen-bond acceptors (Lipinski definition) is 3. The number of nitrogens with two attached hydrogens (primary N) is 1. The molecule has 1 aromatic rings. The molecule has 2 aliphatic heterocycles. The highest BCUT2D eigenvalue weighted by molar-refractivity contribution is 5.55. The highest BCUT2D eigenvalue weighted by atomic mass is 16.5. The second-order valence-electron chi connectivity index (χ2n) is 3.48. The van der Waals surface area contributed by atoms with Crippen molar-refractivity contribution >= 4 is 0 Å². The number of ether oxygens (including phenoxy) is 2. The van der Waals surface area contributed by atoms with Crippen molar-refractivity contribution in [3.8, 4) is 11.5 Å². The highest BCUT2D eigenvalue weighted by Gasteiger charge is 2.29. The van der Waals surface area contributed by atoms with Crippen LogP contribution in [0.1, 0.15) is 17.2 Å². The third-order valence-corrected chi connectivity index (χ3v) is 2.64. The van der Waals surface area contributed by atoms with Gasteiger partial charge >= 0.3 is 0 Å². The van der Waals surface area contributed by atoms with Crippen LogP contribution >= 0.6 is 0 Å². The van der Waals surface area contributed by atoms with Crippen LogP contribution in [0.25, 0.3) is 0 Å². The molecule has 0 aromatic heterocycles. The van der Waals surface area contributed by atoms with Gasteiger partial charge in [-0.3, -0.25) is 0 Å². The van der Waals surface area contributed by atoms with Gasteiger partial charge in [0.25, 0.3) is 0 Å². The molecule has 0 saturated carbocycles. The van der Waals surface area contributed by atoms with E-state index in [-0.39, 0.29) is 6.04 Å². The summed E-state index contributed by atoms with van der Waals surface area (Å²) in [6.07, 6.45) is 0.995. The van der Waals surface area contributed by atoms with Crippen molar-refractivity contribution in [3.05, 3.63) is 23.3 Å². The van der Waals surface area contributed by atoms with Gasteiger partial charge in [0.1, 0.15) is 18.1 Å². The van der Waals surface area contributed by atoms with Crippen LogP contribution in [0.15, 0.2) is 12.1 Å². The van der Waals surface area contributed by atoms with Crippen LogP contribution in [0.5, 0.6) is 11.5 Å². The Morgan fingerprint density at radius 2 is 2.23 bits per heavy atom. The second-order valence-corrected chi connectivity index (χ2v) is 3.48. The van der Waals surface area contributed by atoms with Crippen LogP contribution in [0, 0.1) is 0 Å². The van der Waals surface area contributed by atoms with E-state index in [0.717, 1.165) is 30.1 Å². The van der Waals surface area contributed by atoms with Gasteiger partial charge in [-0.05, 0) is 11.6 Å². The molecule has 2 heterocycles. The number of hydrogen-bond donors (Lipinski definition) is 1. The monoisotopic (exact) mass is 177 g/mol. The molecule has 1 atom stereocenters. The van der Waals surface area contributed by atoms with E-state index in [1.807, 2.05) is 6.07 Å². The molecule has 0 radical (unpaired) electrons. The van der Waals surface area contributed by atoms with Gasteiger partial charge in [0.2, 0.25) is 0 Å². The Morgan fingerprint density at radius 3 is 3.15 bits per heavy atom. The van der Waals surface area contributed by atoms with Gasteiger partial charge in [-0.25, -0.2) is 0 Å². The van der Waals surface area contributed by atoms with Crippen LogP contribution in [0.3, 0.4) is 0 Å². The molecule has 2 aliphatic rings. The first-order chi connectivity index (χ1) is 6.36. The molecule has 68 valence electrons. The topological polar surface area (TPSA) is 44.5 Å². The van der Waals surface area contributed by atoms with Gasteiger partial charge in [0, 0.05) is 6.42 Å². The number of benzene rings is 1. The molecule has 0 spiro atoms. The normalized spacial score (nSPS) is 23.3. The van der Waals surface area contributed by atoms with E-state index in [0.29, 0.717) is 6.61 Å². The molecule has 13 heavy (non-hydrogen) atoms. The summed E-state index contributed by atoms with van der Waals surface area (Å²) in [5.41, 5.74) is 8.24. The zero-order chi connectivity index (χ0) is 8.84. The number of rotatable bonds is 0. The van der Waals surface area contributed by atoms with E-state index in [1.54, 1.807) is 0 Å². The minimum Gasteiger partial charge on any atom is -0.492 e. The van der Waals surface area contributed by atoms with Gasteiger partial charge in [-0.15, -0.1) is 0 Å². The molecule has 0 aliphatic carbocycles. The summed E-state index contributed by atoms with van der Waals surface area (Å²) >= 11 is 0. The Morgan fingerprint density at radius 1 is 1.31 bits per heavy atom. The molecule has 1 unspecified atom stereocenters. The summed E-state index contributed by atoms with van der Waals surface area (Å²) < 4.78 is 11.0. The fraction of sp³-hybridized carbons (Fsp3) is 0.400. The van der Waals surface area contributed by atoms with Crippen molar-refractivity contribution < 1.29 is 9.47 Å². The molecule has 3 rings (SSSR count). The lowest BCUT2D eigenvalue weighted by Gasteiger charge is -2.07. The van der Waals surface area contributed by atoms with E-state index in [9.17, 15) is 0 Å². The largest absolute Gasteiger partial charge is 0.492 e. The Hall–Kier alpha value is -1.22. The maximum Gasteiger partial charge on any atom is 0.131 e. The Balaban J connectivity index is 2.23. The van der Waals surface area contributed by atoms with Crippen molar-refractivity contribution in [2.24, 2.45) is 5.73 Å². The van der Waals surface area contributed by atoms with Gasteiger partial charge in [0.05, 0.1) is 18.2 Å². The average Bonchev–Trinajstić information content (AvgIpc) is 2.70. The average molecular weight is 177 g/mol. The Labute approximate surface area is 76.4 Å². The zero-order valence-corrected chi connectivity index (χ0v) is 7.25. The summed E-state index contributed by atoms with van der Waals surface area (Å²) in [7, 11) is 0. The minimum atomic E-state index is -0.0111. The molecular weight excluding hydrogens is 166 g/mol. The summed E-state index contributed by atoms with van der Waals surface area (Å²) in [4.78, 5) is 0. The summed E-state index contributed by atoms with van der Waals surface area (Å²) in [5.74, 6) is 1.87. The van der Waals surface area contributed by atoms with Crippen LogP contribution in [0.2, 0.25) is 0 Å². The van der Waals surface area contributed by atoms with Crippen LogP contribution in [0.4, 0.5) is 0 Å². The van der Waals surface area contributed by atoms with Crippen molar-refractivity contribution in [2.75, 3.05) is 13.2 Å². The summed E-state index contributed by atoms with van der Waals surface area (Å²) in [5, 5.41) is 0. The smallest absolute Gasteiger partial charge is 0.131 e. The zero-order valence-electron chi connectivity index (χ0n) is 7.25. The maximum atomic E-state index is 5.91. The van der Waals surface area contributed by atoms with E-state index >= 15 is 0 Å². The first-order valence-corrected chi connectivity index (χ1v) is 4.53. The third kappa shape index (κ3) is 0.877. The highest BCUT2D eigenvalue weighted by Crippen LogP contribution is 2.42. The van der Waals surface area contributed by atoms with Crippen LogP contribution in [-0.4, -0.2) is 13.2 Å². The molecule has 3 heteroatoms. The van der Waals surface area contributed by atoms with Crippen molar-refractivity contribution in [1.82, 2.24) is 0 Å². The Kier molecular flexibility index (Phi) is 1.32. The molecule has 3 nitrogen and oxygen atoms in total. The maximum absolute atomic E-state index is 5.91. The van der Waals surface area contributed by atoms with Crippen molar-refractivity contribution in [3.63, 3.8) is 0 Å². The molecule has 0 bridgehead atoms. The fourth-order valence-corrected chi connectivity index (χ4v) is 2.00. The second kappa shape index (κ2) is 2.39. The molecule has 0 amide bonds. The Bertz CT molecular complexity index is 362. The quantitative estimate of drug-likeness (QED) is 0.643. The van der Waals surface area contributed by atoms with Gasteiger partial charge < -0.3 is 15.2 Å². The van der Waals surface area contributed by atoms with Crippen LogP contribution < -0.4 is 15.2 Å². The van der Waals surface area contributed by atoms with E-state index < -0.39 is 0 Å². The molecule has 0 saturated heterocycles. The fourth-order valence-electron chi connectivity index (χ4n) is 2.00. The summed E-state index contributed by atoms with van der Waals surface area (Å²) in [6.45, 7) is 1.35. The lowest BCUT2D eigenvalue weighted by Crippen LogP contribution is -2.11. The lowest BCUT2D eigenvalue weighted by atomic mass is 10.0. The standard InChI is InChI=1S/C10H11NO2/c11-7-5-13-8-2-1-6-3-4-12-10(6)9(7)8/h1-2,7H,3-5,11H2. The lowest BCUT2D eigenvalue weighted by molar-refractivity contribution is 0.332. The van der Waals surface area contributed by atoms with Gasteiger partial charge in [-0.1, -0.05) is 6.07 Å². The predicted molar refractivity (Wildman–Crippen MR) is 48.1 cm³/mol. The van der Waals surface area contributed by atoms with Crippen molar-refractivity contribution in [1.29, 1.82) is 0 Å². The van der Waals surface area contributed by atoms with E-state index in [1.165, 1.54) is 5.56 Å². The SMILES string of the molecule is NC1COc2ccc3c(c21)OCC3. The molecule has 0 fully saturated rings. The van der Waals surface area contributed by atoms with Gasteiger partial charge in [0.15, 0.2) is 0 Å². The first-order valence-electron chi connectivity index (χ1n) is 4.53. The number of fused-ring (bicyclic) bond motifs is 3. The predicted octanol–water partition coefficient (Wildman–Crippen LogP) is 1.01. The minimum absolute atomic E-state index is 0.0111. The molecule has 1 aromatic carbocycles. The van der Waals surface area contributed by atoms with E-state index in [2.05, 4.69) is 6.07 Å². The van der Waals surface area contributed by atoms with E-state index in [4.69, 9.17) is 15.2 Å².